The fraction of sp³-hybridized carbons (Fsp3) is 0.355. The lowest BCUT2D eigenvalue weighted by Gasteiger charge is -2.34. The Morgan fingerprint density at radius 2 is 1.60 bits per heavy atom. The normalized spacial score (nSPS) is 11.9. The Hall–Kier alpha value is -3.47. The molecule has 0 saturated carbocycles. The van der Waals surface area contributed by atoms with Crippen LogP contribution in [0.3, 0.4) is 0 Å². The van der Waals surface area contributed by atoms with E-state index in [1.165, 1.54) is 37.3 Å². The smallest absolute Gasteiger partial charge is 0.264 e. The molecule has 2 amide bonds. The van der Waals surface area contributed by atoms with E-state index in [2.05, 4.69) is 5.32 Å². The van der Waals surface area contributed by atoms with Crippen molar-refractivity contribution in [3.8, 4) is 11.5 Å². The summed E-state index contributed by atoms with van der Waals surface area (Å²) in [7, 11) is -1.45. The van der Waals surface area contributed by atoms with Gasteiger partial charge in [0.1, 0.15) is 24.1 Å². The van der Waals surface area contributed by atoms with Gasteiger partial charge in [-0.1, -0.05) is 67.7 Å². The quantitative estimate of drug-likeness (QED) is 0.205. The van der Waals surface area contributed by atoms with E-state index >= 15 is 0 Å². The number of carbonyl (C=O) groups is 2. The Balaban J connectivity index is 2.15. The number of methoxy groups -OCH3 is 2. The first kappa shape index (κ1) is 34.0. The van der Waals surface area contributed by atoms with Crippen molar-refractivity contribution in [2.75, 3.05) is 31.6 Å². The van der Waals surface area contributed by atoms with Gasteiger partial charge in [0.2, 0.25) is 11.8 Å². The molecule has 0 bridgehead atoms. The molecule has 1 N–H and O–H groups in total. The third-order valence-electron chi connectivity index (χ3n) is 6.87. The molecular weight excluding hydrogens is 613 g/mol. The third-order valence-corrected chi connectivity index (χ3v) is 9.35. The van der Waals surface area contributed by atoms with Crippen LogP contribution in [0, 0.1) is 0 Å². The maximum absolute atomic E-state index is 14.3. The van der Waals surface area contributed by atoms with Gasteiger partial charge < -0.3 is 19.7 Å². The highest BCUT2D eigenvalue weighted by Gasteiger charge is 2.35. The van der Waals surface area contributed by atoms with Gasteiger partial charge in [0.25, 0.3) is 10.0 Å². The van der Waals surface area contributed by atoms with E-state index in [1.807, 2.05) is 6.92 Å². The zero-order valence-electron chi connectivity index (χ0n) is 24.7. The average Bonchev–Trinajstić information content (AvgIpc) is 3.01. The second-order valence-electron chi connectivity index (χ2n) is 9.65. The topological polar surface area (TPSA) is 105 Å². The van der Waals surface area contributed by atoms with Crippen LogP contribution in [0.25, 0.3) is 0 Å². The zero-order valence-corrected chi connectivity index (χ0v) is 27.0. The van der Waals surface area contributed by atoms with Crippen LogP contribution >= 0.6 is 23.2 Å². The van der Waals surface area contributed by atoms with Crippen molar-refractivity contribution in [1.82, 2.24) is 10.2 Å². The largest absolute Gasteiger partial charge is 0.497 e. The van der Waals surface area contributed by atoms with E-state index in [-0.39, 0.29) is 35.2 Å². The molecule has 12 heteroatoms. The summed E-state index contributed by atoms with van der Waals surface area (Å²) in [6.45, 7) is 3.46. The Morgan fingerprint density at radius 3 is 2.19 bits per heavy atom. The average molecular weight is 651 g/mol. The van der Waals surface area contributed by atoms with E-state index in [4.69, 9.17) is 32.7 Å². The summed E-state index contributed by atoms with van der Waals surface area (Å²) in [6, 6.07) is 16.5. The highest BCUT2D eigenvalue weighted by molar-refractivity contribution is 7.92. The molecule has 3 rings (SSSR count). The maximum atomic E-state index is 14.3. The molecule has 1 unspecified atom stereocenters. The minimum Gasteiger partial charge on any atom is -0.497 e. The first-order chi connectivity index (χ1) is 20.6. The van der Waals surface area contributed by atoms with Crippen LogP contribution in [0.5, 0.6) is 11.5 Å². The Kier molecular flexibility index (Phi) is 12.5. The molecule has 0 fully saturated rings. The minimum absolute atomic E-state index is 0.0299. The number of anilines is 1. The van der Waals surface area contributed by atoms with Gasteiger partial charge in [-0.15, -0.1) is 0 Å². The number of unbranched alkanes of at least 4 members (excludes halogenated alkanes) is 1. The van der Waals surface area contributed by atoms with Crippen LogP contribution in [0.4, 0.5) is 5.69 Å². The zero-order chi connectivity index (χ0) is 31.6. The van der Waals surface area contributed by atoms with Crippen molar-refractivity contribution < 1.29 is 27.5 Å². The fourth-order valence-electron chi connectivity index (χ4n) is 4.50. The molecule has 9 nitrogen and oxygen atoms in total. The molecule has 0 radical (unpaired) electrons. The monoisotopic (exact) mass is 649 g/mol. The molecule has 0 aliphatic rings. The molecule has 0 aliphatic heterocycles. The lowest BCUT2D eigenvalue weighted by molar-refractivity contribution is -0.140. The van der Waals surface area contributed by atoms with Crippen LogP contribution in [-0.2, 0) is 26.2 Å². The summed E-state index contributed by atoms with van der Waals surface area (Å²) >= 11 is 13.0. The second kappa shape index (κ2) is 15.8. The van der Waals surface area contributed by atoms with Crippen molar-refractivity contribution in [2.45, 2.75) is 50.6 Å². The van der Waals surface area contributed by atoms with Gasteiger partial charge in [-0.2, -0.15) is 0 Å². The number of amides is 2. The van der Waals surface area contributed by atoms with Crippen molar-refractivity contribution >= 4 is 50.7 Å². The van der Waals surface area contributed by atoms with Gasteiger partial charge in [-0.05, 0) is 49.2 Å². The summed E-state index contributed by atoms with van der Waals surface area (Å²) < 4.78 is 40.0. The molecule has 3 aromatic rings. The molecule has 3 aromatic carbocycles. The molecule has 0 heterocycles. The number of sulfonamides is 1. The van der Waals surface area contributed by atoms with Gasteiger partial charge in [0.15, 0.2) is 0 Å². The van der Waals surface area contributed by atoms with E-state index < -0.39 is 28.5 Å². The van der Waals surface area contributed by atoms with E-state index in [0.717, 1.165) is 17.1 Å². The lowest BCUT2D eigenvalue weighted by atomic mass is 10.1. The predicted molar refractivity (Wildman–Crippen MR) is 170 cm³/mol. The number of benzene rings is 3. The first-order valence-electron chi connectivity index (χ1n) is 13.9. The number of hydrogen-bond acceptors (Lipinski definition) is 6. The van der Waals surface area contributed by atoms with Crippen molar-refractivity contribution in [1.29, 1.82) is 0 Å². The highest BCUT2D eigenvalue weighted by Crippen LogP contribution is 2.36. The maximum Gasteiger partial charge on any atom is 0.264 e. The molecule has 0 spiro atoms. The van der Waals surface area contributed by atoms with Crippen LogP contribution in [0.1, 0.15) is 38.7 Å². The molecule has 232 valence electrons. The van der Waals surface area contributed by atoms with Gasteiger partial charge in [0, 0.05) is 34.8 Å². The summed E-state index contributed by atoms with van der Waals surface area (Å²) in [5.74, 6) is -0.433. The van der Waals surface area contributed by atoms with Crippen LogP contribution in [-0.4, -0.2) is 58.5 Å². The molecule has 43 heavy (non-hydrogen) atoms. The molecule has 0 aromatic heterocycles. The number of nitrogens with one attached hydrogen (secondary N) is 1. The van der Waals surface area contributed by atoms with E-state index in [1.54, 1.807) is 55.5 Å². The summed E-state index contributed by atoms with van der Waals surface area (Å²) in [5, 5.41) is 3.52. The Bertz CT molecular complexity index is 1480. The van der Waals surface area contributed by atoms with Crippen molar-refractivity contribution in [3.05, 3.63) is 82.3 Å². The molecule has 1 atom stereocenters. The highest BCUT2D eigenvalue weighted by atomic mass is 35.5. The summed E-state index contributed by atoms with van der Waals surface area (Å²) in [6.07, 6.45) is 1.91. The number of nitrogens with zero attached hydrogens (tertiary/aromatic N) is 2. The van der Waals surface area contributed by atoms with Crippen molar-refractivity contribution in [2.24, 2.45) is 0 Å². The van der Waals surface area contributed by atoms with E-state index in [9.17, 15) is 18.0 Å². The van der Waals surface area contributed by atoms with Gasteiger partial charge in [0.05, 0.1) is 24.8 Å². The third kappa shape index (κ3) is 8.34. The standard InChI is InChI=1S/C31H37Cl2N3O6S/c1-5-7-18-34-31(38)27(6-2)35(20-24-25(32)14-11-15-26(24)33)30(37)21-36(43(39,40)23-12-9-8-10-13-23)28-19-22(41-3)16-17-29(28)42-4/h8-17,19,27H,5-7,18,20-21H2,1-4H3,(H,34,38). The minimum atomic E-state index is -4.30. The number of ether oxygens (including phenoxy) is 2. The molecule has 0 aliphatic carbocycles. The fourth-order valence-corrected chi connectivity index (χ4v) is 6.46. The predicted octanol–water partition coefficient (Wildman–Crippen LogP) is 5.93. The Labute approximate surface area is 263 Å². The Morgan fingerprint density at radius 1 is 0.930 bits per heavy atom. The van der Waals surface area contributed by atoms with Crippen LogP contribution in [0.15, 0.2) is 71.6 Å². The first-order valence-corrected chi connectivity index (χ1v) is 16.1. The lowest BCUT2D eigenvalue weighted by Crippen LogP contribution is -2.52. The van der Waals surface area contributed by atoms with Crippen molar-refractivity contribution in [3.63, 3.8) is 0 Å². The number of hydrogen-bond donors (Lipinski definition) is 1. The van der Waals surface area contributed by atoms with Crippen LogP contribution < -0.4 is 19.1 Å². The number of halogens is 2. The SMILES string of the molecule is CCCCNC(=O)C(CC)N(Cc1c(Cl)cccc1Cl)C(=O)CN(c1cc(OC)ccc1OC)S(=O)(=O)c1ccccc1. The second-order valence-corrected chi connectivity index (χ2v) is 12.3. The van der Waals surface area contributed by atoms with Crippen LogP contribution in [0.2, 0.25) is 10.0 Å². The van der Waals surface area contributed by atoms with Gasteiger partial charge in [-0.3, -0.25) is 13.9 Å². The summed E-state index contributed by atoms with van der Waals surface area (Å²) in [5.41, 5.74) is 0.533. The molecule has 0 saturated heterocycles. The van der Waals surface area contributed by atoms with Gasteiger partial charge in [-0.25, -0.2) is 8.42 Å². The van der Waals surface area contributed by atoms with Gasteiger partial charge >= 0.3 is 0 Å². The van der Waals surface area contributed by atoms with E-state index in [0.29, 0.717) is 27.9 Å². The molecular formula is C31H37Cl2N3O6S. The number of rotatable bonds is 15. The number of carbonyl (C=O) groups excluding carboxylic acids is 2. The summed E-state index contributed by atoms with van der Waals surface area (Å²) in [4.78, 5) is 29.0.